The fourth-order valence-electron chi connectivity index (χ4n) is 3.52. The fraction of sp³-hybridized carbons (Fsp3) is 0.227. The number of amides is 1. The van der Waals surface area contributed by atoms with Gasteiger partial charge in [-0.05, 0) is 29.8 Å². The predicted molar refractivity (Wildman–Crippen MR) is 118 cm³/mol. The largest absolute Gasteiger partial charge is 0.379 e. The fourth-order valence-corrected chi connectivity index (χ4v) is 5.94. The molecule has 0 aliphatic carbocycles. The number of hydrogen-bond acceptors (Lipinski definition) is 5. The third-order valence-corrected chi connectivity index (χ3v) is 7.41. The summed E-state index contributed by atoms with van der Waals surface area (Å²) in [5.41, 5.74) is 2.08. The van der Waals surface area contributed by atoms with Gasteiger partial charge in [0.25, 0.3) is 5.91 Å². The number of anilines is 1. The van der Waals surface area contributed by atoms with Gasteiger partial charge in [-0.15, -0.1) is 22.7 Å². The predicted octanol–water partition coefficient (Wildman–Crippen LogP) is 5.20. The Morgan fingerprint density at radius 2 is 1.79 bits per heavy atom. The summed E-state index contributed by atoms with van der Waals surface area (Å²) < 4.78 is 9.04. The second kappa shape index (κ2) is 7.64. The molecule has 0 bridgehead atoms. The summed E-state index contributed by atoms with van der Waals surface area (Å²) in [5.74, 6) is -0.0431. The van der Waals surface area contributed by atoms with E-state index in [9.17, 15) is 4.79 Å². The van der Waals surface area contributed by atoms with Gasteiger partial charge >= 0.3 is 0 Å². The van der Waals surface area contributed by atoms with Gasteiger partial charge in [0.05, 0.1) is 22.8 Å². The van der Waals surface area contributed by atoms with E-state index in [0.717, 1.165) is 43.4 Å². The number of hydrogen-bond donors (Lipinski definition) is 1. The van der Waals surface area contributed by atoms with E-state index in [1.54, 1.807) is 22.7 Å². The van der Waals surface area contributed by atoms with Gasteiger partial charge in [-0.3, -0.25) is 9.69 Å². The lowest BCUT2D eigenvalue weighted by molar-refractivity contribution is 0.0342. The lowest BCUT2D eigenvalue weighted by atomic mass is 10.2. The van der Waals surface area contributed by atoms with Crippen LogP contribution in [0.1, 0.15) is 15.2 Å². The smallest absolute Gasteiger partial charge is 0.265 e. The maximum atomic E-state index is 12.7. The molecular weight excluding hydrogens is 388 g/mol. The average Bonchev–Trinajstić information content (AvgIpc) is 3.28. The molecule has 1 aliphatic rings. The second-order valence-electron chi connectivity index (χ2n) is 6.94. The van der Waals surface area contributed by atoms with Gasteiger partial charge < -0.3 is 10.1 Å². The maximum Gasteiger partial charge on any atom is 0.265 e. The van der Waals surface area contributed by atoms with E-state index < -0.39 is 0 Å². The normalized spacial score (nSPS) is 15.3. The topological polar surface area (TPSA) is 41.6 Å². The highest BCUT2D eigenvalue weighted by Crippen LogP contribution is 2.39. The van der Waals surface area contributed by atoms with Crippen molar-refractivity contribution >= 4 is 53.8 Å². The molecule has 0 atom stereocenters. The lowest BCUT2D eigenvalue weighted by Gasteiger charge is -2.26. The van der Waals surface area contributed by atoms with E-state index in [4.69, 9.17) is 4.74 Å². The van der Waals surface area contributed by atoms with Crippen LogP contribution in [0.2, 0.25) is 0 Å². The van der Waals surface area contributed by atoms with Crippen LogP contribution in [0.3, 0.4) is 0 Å². The van der Waals surface area contributed by atoms with Crippen LogP contribution in [0.4, 0.5) is 5.69 Å². The van der Waals surface area contributed by atoms with Crippen LogP contribution < -0.4 is 5.32 Å². The molecule has 2 aromatic heterocycles. The van der Waals surface area contributed by atoms with Gasteiger partial charge in [-0.25, -0.2) is 0 Å². The van der Waals surface area contributed by atoms with Crippen molar-refractivity contribution in [2.75, 3.05) is 31.6 Å². The summed E-state index contributed by atoms with van der Waals surface area (Å²) in [4.78, 5) is 15.8. The standard InChI is InChI=1S/C22H20N2O2S2/c25-22(20-13-19-21(28-20)17-3-1-2-4-18(17)27-19)23-16-7-5-15(6-8-16)14-24-9-11-26-12-10-24/h1-8,13H,9-12,14H2,(H,23,25). The quantitative estimate of drug-likeness (QED) is 0.505. The molecule has 1 aliphatic heterocycles. The second-order valence-corrected chi connectivity index (χ2v) is 9.08. The number of carbonyl (C=O) groups is 1. The molecule has 4 aromatic rings. The first-order chi connectivity index (χ1) is 13.8. The Hall–Kier alpha value is -2.25. The van der Waals surface area contributed by atoms with Crippen LogP contribution in [0, 0.1) is 0 Å². The van der Waals surface area contributed by atoms with Crippen molar-refractivity contribution in [2.45, 2.75) is 6.54 Å². The van der Waals surface area contributed by atoms with Crippen molar-refractivity contribution in [3.8, 4) is 0 Å². The first-order valence-electron chi connectivity index (χ1n) is 9.38. The van der Waals surface area contributed by atoms with E-state index >= 15 is 0 Å². The van der Waals surface area contributed by atoms with Crippen molar-refractivity contribution in [2.24, 2.45) is 0 Å². The summed E-state index contributed by atoms with van der Waals surface area (Å²) in [6, 6.07) is 18.5. The number of ether oxygens (including phenoxy) is 1. The molecular formula is C22H20N2O2S2. The molecule has 1 N–H and O–H groups in total. The zero-order chi connectivity index (χ0) is 18.9. The third kappa shape index (κ3) is 3.56. The molecule has 0 saturated carbocycles. The van der Waals surface area contributed by atoms with Gasteiger partial charge in [0.2, 0.25) is 0 Å². The van der Waals surface area contributed by atoms with Crippen molar-refractivity contribution < 1.29 is 9.53 Å². The van der Waals surface area contributed by atoms with Crippen molar-refractivity contribution in [3.63, 3.8) is 0 Å². The summed E-state index contributed by atoms with van der Waals surface area (Å²) in [7, 11) is 0. The SMILES string of the molecule is O=C(Nc1ccc(CN2CCOCC2)cc1)c1cc2sc3ccccc3c2s1. The van der Waals surface area contributed by atoms with Gasteiger partial charge in [-0.1, -0.05) is 30.3 Å². The minimum absolute atomic E-state index is 0.0431. The first kappa shape index (κ1) is 17.8. The Morgan fingerprint density at radius 3 is 2.61 bits per heavy atom. The van der Waals surface area contributed by atoms with Crippen LogP contribution in [0.5, 0.6) is 0 Å². The number of benzene rings is 2. The monoisotopic (exact) mass is 408 g/mol. The van der Waals surface area contributed by atoms with E-state index in [-0.39, 0.29) is 5.91 Å². The van der Waals surface area contributed by atoms with Crippen molar-refractivity contribution in [1.82, 2.24) is 4.90 Å². The van der Waals surface area contributed by atoms with Crippen molar-refractivity contribution in [3.05, 3.63) is 65.0 Å². The molecule has 4 nitrogen and oxygen atoms in total. The Bertz CT molecular complexity index is 1120. The van der Waals surface area contributed by atoms with Crippen LogP contribution in [0.15, 0.2) is 54.6 Å². The first-order valence-corrected chi connectivity index (χ1v) is 11.0. The Morgan fingerprint density at radius 1 is 1.00 bits per heavy atom. The average molecular weight is 409 g/mol. The molecule has 1 saturated heterocycles. The number of carbonyl (C=O) groups excluding carboxylic acids is 1. The highest BCUT2D eigenvalue weighted by atomic mass is 32.1. The van der Waals surface area contributed by atoms with E-state index in [1.165, 1.54) is 25.0 Å². The van der Waals surface area contributed by atoms with Gasteiger partial charge in [0, 0.05) is 40.1 Å². The number of thiophene rings is 2. The van der Waals surface area contributed by atoms with Crippen LogP contribution in [-0.2, 0) is 11.3 Å². The van der Waals surface area contributed by atoms with Gasteiger partial charge in [0.15, 0.2) is 0 Å². The van der Waals surface area contributed by atoms with Crippen molar-refractivity contribution in [1.29, 1.82) is 0 Å². The molecule has 142 valence electrons. The summed E-state index contributed by atoms with van der Waals surface area (Å²) >= 11 is 3.31. The highest BCUT2D eigenvalue weighted by molar-refractivity contribution is 7.33. The zero-order valence-electron chi connectivity index (χ0n) is 15.3. The van der Waals surface area contributed by atoms with Crippen LogP contribution >= 0.6 is 22.7 Å². The van der Waals surface area contributed by atoms with Gasteiger partial charge in [0.1, 0.15) is 0 Å². The molecule has 3 heterocycles. The number of rotatable bonds is 4. The maximum absolute atomic E-state index is 12.7. The number of morpholine rings is 1. The van der Waals surface area contributed by atoms with E-state index in [2.05, 4.69) is 40.5 Å². The Kier molecular flexibility index (Phi) is 4.86. The number of nitrogens with zero attached hydrogens (tertiary/aromatic N) is 1. The molecule has 0 unspecified atom stereocenters. The minimum Gasteiger partial charge on any atom is -0.379 e. The molecule has 5 rings (SSSR count). The summed E-state index contributed by atoms with van der Waals surface area (Å²) in [5, 5.41) is 4.27. The molecule has 28 heavy (non-hydrogen) atoms. The zero-order valence-corrected chi connectivity index (χ0v) is 16.9. The third-order valence-electron chi connectivity index (χ3n) is 5.00. The van der Waals surface area contributed by atoms with Gasteiger partial charge in [-0.2, -0.15) is 0 Å². The summed E-state index contributed by atoms with van der Waals surface area (Å²) in [6.07, 6.45) is 0. The lowest BCUT2D eigenvalue weighted by Crippen LogP contribution is -2.35. The Balaban J connectivity index is 1.29. The molecule has 0 spiro atoms. The molecule has 0 radical (unpaired) electrons. The molecule has 1 amide bonds. The van der Waals surface area contributed by atoms with Crippen LogP contribution in [0.25, 0.3) is 19.5 Å². The highest BCUT2D eigenvalue weighted by Gasteiger charge is 2.15. The number of nitrogens with one attached hydrogen (secondary N) is 1. The number of fused-ring (bicyclic) bond motifs is 3. The van der Waals surface area contributed by atoms with E-state index in [0.29, 0.717) is 0 Å². The van der Waals surface area contributed by atoms with Crippen LogP contribution in [-0.4, -0.2) is 37.1 Å². The summed E-state index contributed by atoms with van der Waals surface area (Å²) in [6.45, 7) is 4.49. The Labute approximate surface area is 171 Å². The van der Waals surface area contributed by atoms with E-state index in [1.807, 2.05) is 24.3 Å². The molecule has 2 aromatic carbocycles. The minimum atomic E-state index is -0.0431. The molecule has 6 heteroatoms. The molecule has 1 fully saturated rings.